The number of hydrogen-bond donors (Lipinski definition) is 1. The molecular weight excluding hydrogens is 188 g/mol. The first kappa shape index (κ1) is 9.80. The van der Waals surface area contributed by atoms with Crippen LogP contribution < -0.4 is 5.73 Å². The summed E-state index contributed by atoms with van der Waals surface area (Å²) in [6.07, 6.45) is 0. The minimum atomic E-state index is -0.0440. The number of rotatable bonds is 2. The van der Waals surface area contributed by atoms with E-state index in [0.29, 0.717) is 5.56 Å². The summed E-state index contributed by atoms with van der Waals surface area (Å²) in [7, 11) is 0. The Morgan fingerprint density at radius 3 is 2.87 bits per heavy atom. The zero-order valence-electron chi connectivity index (χ0n) is 8.53. The van der Waals surface area contributed by atoms with Gasteiger partial charge in [0.05, 0.1) is 12.1 Å². The van der Waals surface area contributed by atoms with Crippen molar-refractivity contribution in [2.75, 3.05) is 6.54 Å². The van der Waals surface area contributed by atoms with E-state index in [-0.39, 0.29) is 12.3 Å². The van der Waals surface area contributed by atoms with Gasteiger partial charge in [0, 0.05) is 16.6 Å². The molecule has 15 heavy (non-hydrogen) atoms. The molecule has 0 aliphatic heterocycles. The van der Waals surface area contributed by atoms with Crippen LogP contribution in [0.5, 0.6) is 0 Å². The summed E-state index contributed by atoms with van der Waals surface area (Å²) in [4.78, 5) is 15.7. The molecule has 0 bridgehead atoms. The van der Waals surface area contributed by atoms with Crippen LogP contribution in [0.1, 0.15) is 16.1 Å². The maximum absolute atomic E-state index is 11.4. The number of benzene rings is 1. The molecule has 0 fully saturated rings. The summed E-state index contributed by atoms with van der Waals surface area (Å²) in [5.74, 6) is -0.0440. The zero-order valence-corrected chi connectivity index (χ0v) is 8.53. The maximum atomic E-state index is 11.4. The third kappa shape index (κ3) is 1.87. The van der Waals surface area contributed by atoms with E-state index in [2.05, 4.69) is 4.98 Å². The zero-order chi connectivity index (χ0) is 10.8. The topological polar surface area (TPSA) is 56.0 Å². The molecule has 2 rings (SSSR count). The molecule has 0 saturated heterocycles. The van der Waals surface area contributed by atoms with E-state index in [9.17, 15) is 4.79 Å². The molecule has 0 aliphatic carbocycles. The Bertz CT molecular complexity index is 520. The van der Waals surface area contributed by atoms with Gasteiger partial charge in [-0.25, -0.2) is 0 Å². The first-order valence-corrected chi connectivity index (χ1v) is 4.81. The fourth-order valence-electron chi connectivity index (χ4n) is 1.52. The quantitative estimate of drug-likeness (QED) is 0.750. The number of Topliss-reactive ketones (excluding diaryl/α,β-unsaturated/α-hetero) is 1. The number of carbonyl (C=O) groups excluding carboxylic acids is 1. The minimum absolute atomic E-state index is 0.0440. The highest BCUT2D eigenvalue weighted by molar-refractivity contribution is 6.00. The highest BCUT2D eigenvalue weighted by Gasteiger charge is 2.04. The lowest BCUT2D eigenvalue weighted by Crippen LogP contribution is -2.13. The number of hydrogen-bond acceptors (Lipinski definition) is 3. The van der Waals surface area contributed by atoms with Gasteiger partial charge in [-0.15, -0.1) is 0 Å². The van der Waals surface area contributed by atoms with E-state index in [1.165, 1.54) is 0 Å². The largest absolute Gasteiger partial charge is 0.324 e. The second-order valence-electron chi connectivity index (χ2n) is 3.49. The third-order valence-corrected chi connectivity index (χ3v) is 2.34. The van der Waals surface area contributed by atoms with Gasteiger partial charge in [-0.3, -0.25) is 9.78 Å². The SMILES string of the molecule is Cc1ccc2cc(C(=O)CN)ccc2n1. The molecule has 1 aromatic carbocycles. The van der Waals surface area contributed by atoms with Crippen LogP contribution >= 0.6 is 0 Å². The molecular formula is C12H12N2O. The lowest BCUT2D eigenvalue weighted by molar-refractivity contribution is 0.100. The van der Waals surface area contributed by atoms with Crippen LogP contribution in [0.25, 0.3) is 10.9 Å². The normalized spacial score (nSPS) is 10.5. The molecule has 76 valence electrons. The van der Waals surface area contributed by atoms with Gasteiger partial charge >= 0.3 is 0 Å². The Kier molecular flexibility index (Phi) is 2.47. The van der Waals surface area contributed by atoms with Crippen LogP contribution in [0.2, 0.25) is 0 Å². The smallest absolute Gasteiger partial charge is 0.176 e. The average molecular weight is 200 g/mol. The van der Waals surface area contributed by atoms with Gasteiger partial charge < -0.3 is 5.73 Å². The summed E-state index contributed by atoms with van der Waals surface area (Å²) >= 11 is 0. The molecule has 0 unspecified atom stereocenters. The van der Waals surface area contributed by atoms with Crippen molar-refractivity contribution in [1.29, 1.82) is 0 Å². The highest BCUT2D eigenvalue weighted by atomic mass is 16.1. The molecule has 3 nitrogen and oxygen atoms in total. The van der Waals surface area contributed by atoms with Gasteiger partial charge in [0.2, 0.25) is 0 Å². The van der Waals surface area contributed by atoms with Crippen molar-refractivity contribution in [3.05, 3.63) is 41.6 Å². The second kappa shape index (κ2) is 3.79. The fourth-order valence-corrected chi connectivity index (χ4v) is 1.52. The summed E-state index contributed by atoms with van der Waals surface area (Å²) in [5.41, 5.74) is 7.83. The van der Waals surface area contributed by atoms with E-state index in [1.54, 1.807) is 6.07 Å². The average Bonchev–Trinajstić information content (AvgIpc) is 2.27. The fraction of sp³-hybridized carbons (Fsp3) is 0.167. The Morgan fingerprint density at radius 1 is 1.33 bits per heavy atom. The van der Waals surface area contributed by atoms with Crippen molar-refractivity contribution in [2.24, 2.45) is 5.73 Å². The van der Waals surface area contributed by atoms with Crippen LogP contribution in [-0.2, 0) is 0 Å². The van der Waals surface area contributed by atoms with E-state index in [4.69, 9.17) is 5.73 Å². The van der Waals surface area contributed by atoms with E-state index < -0.39 is 0 Å². The number of ketones is 1. The monoisotopic (exact) mass is 200 g/mol. The number of aryl methyl sites for hydroxylation is 1. The summed E-state index contributed by atoms with van der Waals surface area (Å²) < 4.78 is 0. The predicted molar refractivity (Wildman–Crippen MR) is 59.9 cm³/mol. The van der Waals surface area contributed by atoms with Crippen molar-refractivity contribution in [3.63, 3.8) is 0 Å². The van der Waals surface area contributed by atoms with Crippen molar-refractivity contribution in [1.82, 2.24) is 4.98 Å². The number of pyridine rings is 1. The van der Waals surface area contributed by atoms with Crippen LogP contribution in [0.15, 0.2) is 30.3 Å². The van der Waals surface area contributed by atoms with Gasteiger partial charge in [0.25, 0.3) is 0 Å². The lowest BCUT2D eigenvalue weighted by atomic mass is 10.1. The van der Waals surface area contributed by atoms with Crippen molar-refractivity contribution < 1.29 is 4.79 Å². The van der Waals surface area contributed by atoms with E-state index >= 15 is 0 Å². The standard InChI is InChI=1S/C12H12N2O/c1-8-2-3-9-6-10(12(15)7-13)4-5-11(9)14-8/h2-6H,7,13H2,1H3. The number of carbonyl (C=O) groups is 1. The number of nitrogens with two attached hydrogens (primary N) is 1. The van der Waals surface area contributed by atoms with E-state index in [1.807, 2.05) is 31.2 Å². The van der Waals surface area contributed by atoms with Crippen molar-refractivity contribution in [2.45, 2.75) is 6.92 Å². The summed E-state index contributed by atoms with van der Waals surface area (Å²) in [6, 6.07) is 9.34. The van der Waals surface area contributed by atoms with Gasteiger partial charge in [-0.2, -0.15) is 0 Å². The molecule has 0 atom stereocenters. The summed E-state index contributed by atoms with van der Waals surface area (Å²) in [6.45, 7) is 1.99. The first-order chi connectivity index (χ1) is 7.20. The van der Waals surface area contributed by atoms with Gasteiger partial charge in [-0.1, -0.05) is 6.07 Å². The molecule has 2 N–H and O–H groups in total. The number of aromatic nitrogens is 1. The Hall–Kier alpha value is -1.74. The molecule has 0 amide bonds. The Balaban J connectivity index is 2.57. The predicted octanol–water partition coefficient (Wildman–Crippen LogP) is 1.68. The van der Waals surface area contributed by atoms with Crippen LogP contribution in [0.3, 0.4) is 0 Å². The minimum Gasteiger partial charge on any atom is -0.324 e. The molecule has 1 aromatic heterocycles. The van der Waals surface area contributed by atoms with Crippen LogP contribution in [-0.4, -0.2) is 17.3 Å². The molecule has 0 aliphatic rings. The molecule has 2 aromatic rings. The number of fused-ring (bicyclic) bond motifs is 1. The van der Waals surface area contributed by atoms with Crippen LogP contribution in [0.4, 0.5) is 0 Å². The van der Waals surface area contributed by atoms with Gasteiger partial charge in [0.15, 0.2) is 5.78 Å². The van der Waals surface area contributed by atoms with Gasteiger partial charge in [-0.05, 0) is 31.2 Å². The van der Waals surface area contributed by atoms with Gasteiger partial charge in [0.1, 0.15) is 0 Å². The molecule has 0 radical (unpaired) electrons. The van der Waals surface area contributed by atoms with E-state index in [0.717, 1.165) is 16.6 Å². The molecule has 0 spiro atoms. The maximum Gasteiger partial charge on any atom is 0.176 e. The second-order valence-corrected chi connectivity index (χ2v) is 3.49. The Labute approximate surface area is 87.9 Å². The highest BCUT2D eigenvalue weighted by Crippen LogP contribution is 2.14. The third-order valence-electron chi connectivity index (χ3n) is 2.34. The lowest BCUT2D eigenvalue weighted by Gasteiger charge is -2.01. The van der Waals surface area contributed by atoms with Crippen molar-refractivity contribution >= 4 is 16.7 Å². The summed E-state index contributed by atoms with van der Waals surface area (Å²) in [5, 5.41) is 0.972. The molecule has 1 heterocycles. The first-order valence-electron chi connectivity index (χ1n) is 4.81. The molecule has 3 heteroatoms. The van der Waals surface area contributed by atoms with Crippen LogP contribution in [0, 0.1) is 6.92 Å². The number of nitrogens with zero attached hydrogens (tertiary/aromatic N) is 1. The van der Waals surface area contributed by atoms with Crippen molar-refractivity contribution in [3.8, 4) is 0 Å². The molecule has 0 saturated carbocycles. The Morgan fingerprint density at radius 2 is 2.13 bits per heavy atom.